The molecule has 2 N–H and O–H groups in total. The zero-order chi connectivity index (χ0) is 36.0. The summed E-state index contributed by atoms with van der Waals surface area (Å²) in [6.45, 7) is 4.61. The van der Waals surface area contributed by atoms with Crippen LogP contribution in [0.3, 0.4) is 0 Å². The van der Waals surface area contributed by atoms with Crippen LogP contribution in [0.2, 0.25) is 5.02 Å². The number of nitriles is 1. The topological polar surface area (TPSA) is 112 Å². The average Bonchev–Trinajstić information content (AvgIpc) is 3.40. The van der Waals surface area contributed by atoms with Gasteiger partial charge in [-0.15, -0.1) is 11.3 Å². The third-order valence-electron chi connectivity index (χ3n) is 11.2. The van der Waals surface area contributed by atoms with Crippen LogP contribution in [0.5, 0.6) is 6.01 Å². The summed E-state index contributed by atoms with van der Waals surface area (Å²) in [5, 5.41) is 10.5. The third-order valence-corrected chi connectivity index (χ3v) is 12.5. The van der Waals surface area contributed by atoms with Gasteiger partial charge in [0, 0.05) is 60.4 Å². The normalized spacial score (nSPS) is 23.3. The zero-order valence-corrected chi connectivity index (χ0v) is 29.7. The second-order valence-electron chi connectivity index (χ2n) is 14.6. The molecule has 1 unspecified atom stereocenters. The fraction of sp³-hybridized carbons (Fsp3) is 0.500. The second-order valence-corrected chi connectivity index (χ2v) is 16.1. The molecule has 1 spiro atoms. The SMILES string of the molecule is CC(Oc1nc(N2CCCCC3(CN(C(=O)[C@H]4CC4(F)F)C3)C2)c2cc(Cl)c(-c3ccc(F)c4sc(N)c(C#N)c34)c(F)c2n1)[C@@H]1CCCN1C. The molecule has 1 amide bonds. The number of hydrogen-bond acceptors (Lipinski definition) is 9. The number of likely N-dealkylation sites (N-methyl/N-ethyl adjacent to an activating group) is 1. The highest BCUT2D eigenvalue weighted by Gasteiger charge is 2.64. The first-order chi connectivity index (χ1) is 24.3. The van der Waals surface area contributed by atoms with Gasteiger partial charge in [0.05, 0.1) is 15.3 Å². The van der Waals surface area contributed by atoms with E-state index in [1.165, 1.54) is 17.0 Å². The molecule has 268 valence electrons. The summed E-state index contributed by atoms with van der Waals surface area (Å²) in [4.78, 5) is 28.0. The number of nitrogens with two attached hydrogens (primary N) is 1. The summed E-state index contributed by atoms with van der Waals surface area (Å²) < 4.78 is 66.0. The Morgan fingerprint density at radius 3 is 2.63 bits per heavy atom. The van der Waals surface area contributed by atoms with E-state index in [1.54, 1.807) is 6.07 Å². The number of benzene rings is 2. The van der Waals surface area contributed by atoms with Crippen LogP contribution in [0.4, 0.5) is 28.4 Å². The van der Waals surface area contributed by atoms with E-state index >= 15 is 4.39 Å². The summed E-state index contributed by atoms with van der Waals surface area (Å²) in [6, 6.07) is 6.29. The number of hydrogen-bond donors (Lipinski definition) is 1. The smallest absolute Gasteiger partial charge is 0.319 e. The molecule has 3 saturated heterocycles. The Labute approximate surface area is 300 Å². The number of likely N-dealkylation sites (tertiary alicyclic amines) is 2. The largest absolute Gasteiger partial charge is 0.459 e. The minimum Gasteiger partial charge on any atom is -0.459 e. The van der Waals surface area contributed by atoms with E-state index < -0.39 is 35.8 Å². The van der Waals surface area contributed by atoms with Crippen molar-refractivity contribution in [2.75, 3.05) is 50.4 Å². The Kier molecular flexibility index (Phi) is 8.27. The number of nitrogen functional groups attached to an aromatic ring is 1. The molecule has 2 aromatic carbocycles. The van der Waals surface area contributed by atoms with Crippen LogP contribution in [0.1, 0.15) is 51.0 Å². The zero-order valence-electron chi connectivity index (χ0n) is 28.1. The van der Waals surface area contributed by atoms with Crippen molar-refractivity contribution in [1.29, 1.82) is 5.26 Å². The van der Waals surface area contributed by atoms with Crippen molar-refractivity contribution in [3.05, 3.63) is 40.4 Å². The van der Waals surface area contributed by atoms with Crippen LogP contribution < -0.4 is 15.4 Å². The van der Waals surface area contributed by atoms with E-state index in [4.69, 9.17) is 27.1 Å². The van der Waals surface area contributed by atoms with Crippen molar-refractivity contribution in [2.24, 2.45) is 11.3 Å². The van der Waals surface area contributed by atoms with Crippen LogP contribution in [-0.2, 0) is 4.79 Å². The van der Waals surface area contributed by atoms with E-state index in [-0.39, 0.29) is 65.9 Å². The molecular weight excluding hydrogens is 706 g/mol. The quantitative estimate of drug-likeness (QED) is 0.206. The maximum atomic E-state index is 17.1. The summed E-state index contributed by atoms with van der Waals surface area (Å²) in [5.41, 5.74) is 5.87. The Morgan fingerprint density at radius 1 is 1.18 bits per heavy atom. The molecule has 15 heteroatoms. The predicted molar refractivity (Wildman–Crippen MR) is 188 cm³/mol. The fourth-order valence-corrected chi connectivity index (χ4v) is 9.65. The van der Waals surface area contributed by atoms with Crippen molar-refractivity contribution in [3.63, 3.8) is 0 Å². The van der Waals surface area contributed by atoms with Gasteiger partial charge >= 0.3 is 6.01 Å². The van der Waals surface area contributed by atoms with Crippen LogP contribution >= 0.6 is 22.9 Å². The summed E-state index contributed by atoms with van der Waals surface area (Å²) in [6.07, 6.45) is 3.68. The van der Waals surface area contributed by atoms with Gasteiger partial charge in [0.25, 0.3) is 5.92 Å². The lowest BCUT2D eigenvalue weighted by molar-refractivity contribution is -0.147. The highest BCUT2D eigenvalue weighted by molar-refractivity contribution is 7.23. The molecule has 51 heavy (non-hydrogen) atoms. The van der Waals surface area contributed by atoms with Crippen LogP contribution in [0, 0.1) is 34.3 Å². The monoisotopic (exact) mass is 741 g/mol. The number of fused-ring (bicyclic) bond motifs is 2. The standard InChI is InChI=1S/C36H36ClF4N7O2S/c1-18(25-6-5-10-46(25)2)50-34-44-29-20(12-23(37)27(28(29)39)19-7-8-24(38)30-26(19)21(14-42)31(43)51-30)32(45-34)47-11-4-3-9-35(15-47)16-48(17-35)33(49)22-13-36(22,40)41/h7-8,12,18,22,25H,3-6,9-11,13,15-17,43H2,1-2H3/t18?,22-,25+/m1/s1. The molecule has 1 aliphatic carbocycles. The van der Waals surface area contributed by atoms with Gasteiger partial charge < -0.3 is 20.3 Å². The van der Waals surface area contributed by atoms with Gasteiger partial charge in [0.1, 0.15) is 40.2 Å². The molecule has 9 nitrogen and oxygen atoms in total. The molecule has 0 bridgehead atoms. The number of carbonyl (C=O) groups is 1. The van der Waals surface area contributed by atoms with Crippen molar-refractivity contribution in [3.8, 4) is 23.2 Å². The van der Waals surface area contributed by atoms with Gasteiger partial charge in [-0.3, -0.25) is 9.69 Å². The Bertz CT molecular complexity index is 2130. The molecule has 4 fully saturated rings. The molecule has 2 aromatic heterocycles. The summed E-state index contributed by atoms with van der Waals surface area (Å²) in [5.74, 6) is -5.63. The molecule has 0 radical (unpaired) electrons. The van der Waals surface area contributed by atoms with Gasteiger partial charge in [-0.1, -0.05) is 24.1 Å². The molecular formula is C36H36ClF4N7O2S. The molecule has 4 aliphatic rings. The number of carbonyl (C=O) groups excluding carboxylic acids is 1. The second kappa shape index (κ2) is 12.3. The molecule has 3 aliphatic heterocycles. The third kappa shape index (κ3) is 5.72. The molecule has 8 rings (SSSR count). The maximum Gasteiger partial charge on any atom is 0.319 e. The number of halogens is 5. The van der Waals surface area contributed by atoms with Crippen molar-refractivity contribution in [2.45, 2.75) is 63.5 Å². The first-order valence-electron chi connectivity index (χ1n) is 17.2. The predicted octanol–water partition coefficient (Wildman–Crippen LogP) is 7.23. The number of thiophene rings is 1. The van der Waals surface area contributed by atoms with Crippen LogP contribution in [-0.4, -0.2) is 83.5 Å². The van der Waals surface area contributed by atoms with E-state index in [1.807, 2.05) is 24.9 Å². The van der Waals surface area contributed by atoms with Crippen LogP contribution in [0.15, 0.2) is 18.2 Å². The fourth-order valence-electron chi connectivity index (χ4n) is 8.41. The number of nitrogens with zero attached hydrogens (tertiary/aromatic N) is 6. The van der Waals surface area contributed by atoms with Crippen LogP contribution in [0.25, 0.3) is 32.1 Å². The number of ether oxygens (including phenoxy) is 1. The van der Waals surface area contributed by atoms with Gasteiger partial charge in [0.2, 0.25) is 5.91 Å². The van der Waals surface area contributed by atoms with Crippen molar-refractivity contribution >= 4 is 60.7 Å². The number of anilines is 2. The first-order valence-corrected chi connectivity index (χ1v) is 18.4. The molecule has 1 saturated carbocycles. The highest BCUT2D eigenvalue weighted by atomic mass is 35.5. The van der Waals surface area contributed by atoms with Gasteiger partial charge in [-0.2, -0.15) is 15.2 Å². The van der Waals surface area contributed by atoms with E-state index in [9.17, 15) is 23.2 Å². The molecule has 3 atom stereocenters. The lowest BCUT2D eigenvalue weighted by atomic mass is 9.75. The summed E-state index contributed by atoms with van der Waals surface area (Å²) in [7, 11) is 2.03. The maximum absolute atomic E-state index is 17.1. The minimum absolute atomic E-state index is 0.0105. The van der Waals surface area contributed by atoms with E-state index in [2.05, 4.69) is 9.88 Å². The van der Waals surface area contributed by atoms with Gasteiger partial charge in [-0.05, 0) is 63.9 Å². The minimum atomic E-state index is -2.93. The van der Waals surface area contributed by atoms with Gasteiger partial charge in [0.15, 0.2) is 5.82 Å². The van der Waals surface area contributed by atoms with E-state index in [0.717, 1.165) is 50.0 Å². The Morgan fingerprint density at radius 2 is 1.94 bits per heavy atom. The Balaban J connectivity index is 1.23. The van der Waals surface area contributed by atoms with E-state index in [0.29, 0.717) is 37.4 Å². The lowest BCUT2D eigenvalue weighted by Gasteiger charge is -2.51. The lowest BCUT2D eigenvalue weighted by Crippen LogP contribution is -2.62. The van der Waals surface area contributed by atoms with Crippen molar-refractivity contribution in [1.82, 2.24) is 19.8 Å². The number of rotatable bonds is 6. The summed E-state index contributed by atoms with van der Waals surface area (Å²) >= 11 is 7.81. The van der Waals surface area contributed by atoms with Crippen molar-refractivity contribution < 1.29 is 27.1 Å². The average molecular weight is 742 g/mol. The van der Waals surface area contributed by atoms with Gasteiger partial charge in [-0.25, -0.2) is 17.6 Å². The Hall–Kier alpha value is -3.93. The first kappa shape index (κ1) is 34.2. The number of aromatic nitrogens is 2. The molecule has 5 heterocycles. The number of alkyl halides is 2. The molecule has 4 aromatic rings. The number of amides is 1. The highest BCUT2D eigenvalue weighted by Crippen LogP contribution is 2.52.